The standard InChI is InChI=1S/C13H18O4/c1-9(14)12-11-8-6-4-2-3-5-7-10(15)13(16-11)17-12/h5,7,11-13H,2-4,6,8H2,1H3/b7-5-. The van der Waals surface area contributed by atoms with Crippen LogP contribution in [-0.4, -0.2) is 30.1 Å². The van der Waals surface area contributed by atoms with E-state index in [1.54, 1.807) is 0 Å². The Bertz CT molecular complexity index is 334. The van der Waals surface area contributed by atoms with Gasteiger partial charge in [0.2, 0.25) is 12.1 Å². The Balaban J connectivity index is 2.11. The molecule has 2 aliphatic rings. The fourth-order valence-corrected chi connectivity index (χ4v) is 2.26. The van der Waals surface area contributed by atoms with E-state index in [9.17, 15) is 9.59 Å². The van der Waals surface area contributed by atoms with Crippen molar-refractivity contribution in [1.29, 1.82) is 0 Å². The molecule has 2 heterocycles. The Morgan fingerprint density at radius 3 is 2.88 bits per heavy atom. The van der Waals surface area contributed by atoms with Crippen LogP contribution in [0.1, 0.15) is 39.0 Å². The number of hydrogen-bond acceptors (Lipinski definition) is 4. The van der Waals surface area contributed by atoms with E-state index in [0.29, 0.717) is 0 Å². The summed E-state index contributed by atoms with van der Waals surface area (Å²) >= 11 is 0. The molecule has 0 aliphatic carbocycles. The van der Waals surface area contributed by atoms with E-state index in [-0.39, 0.29) is 17.7 Å². The quantitative estimate of drug-likeness (QED) is 0.698. The smallest absolute Gasteiger partial charge is 0.223 e. The van der Waals surface area contributed by atoms with Gasteiger partial charge in [0.25, 0.3) is 0 Å². The molecule has 3 unspecified atom stereocenters. The highest BCUT2D eigenvalue weighted by molar-refractivity contribution is 5.93. The summed E-state index contributed by atoms with van der Waals surface area (Å²) in [4.78, 5) is 23.1. The minimum absolute atomic E-state index is 0.0636. The second-order valence-corrected chi connectivity index (χ2v) is 4.62. The Hall–Kier alpha value is -1.00. The molecule has 2 bridgehead atoms. The zero-order valence-corrected chi connectivity index (χ0v) is 10.1. The van der Waals surface area contributed by atoms with E-state index >= 15 is 0 Å². The highest BCUT2D eigenvalue weighted by atomic mass is 16.7. The molecule has 0 N–H and O–H groups in total. The van der Waals surface area contributed by atoms with Gasteiger partial charge in [0.15, 0.2) is 5.78 Å². The molecule has 0 radical (unpaired) electrons. The SMILES string of the molecule is CC(=O)C1OC2OC1CCCCC/C=C\C2=O. The zero-order valence-electron chi connectivity index (χ0n) is 10.1. The molecular weight excluding hydrogens is 220 g/mol. The summed E-state index contributed by atoms with van der Waals surface area (Å²) in [6, 6.07) is 0. The molecule has 0 aromatic carbocycles. The average Bonchev–Trinajstić information content (AvgIpc) is 2.69. The highest BCUT2D eigenvalue weighted by Gasteiger charge is 2.41. The van der Waals surface area contributed by atoms with Crippen LogP contribution >= 0.6 is 0 Å². The fourth-order valence-electron chi connectivity index (χ4n) is 2.26. The van der Waals surface area contributed by atoms with Crippen molar-refractivity contribution in [3.05, 3.63) is 12.2 Å². The summed E-state index contributed by atoms with van der Waals surface area (Å²) in [6.45, 7) is 1.48. The topological polar surface area (TPSA) is 52.6 Å². The summed E-state index contributed by atoms with van der Waals surface area (Å²) < 4.78 is 10.9. The van der Waals surface area contributed by atoms with Crippen LogP contribution in [0.25, 0.3) is 0 Å². The molecule has 4 heteroatoms. The first-order chi connectivity index (χ1) is 8.18. The van der Waals surface area contributed by atoms with Gasteiger partial charge < -0.3 is 9.47 Å². The van der Waals surface area contributed by atoms with Crippen molar-refractivity contribution in [2.45, 2.75) is 57.5 Å². The normalized spacial score (nSPS) is 36.3. The Morgan fingerprint density at radius 2 is 2.12 bits per heavy atom. The first kappa shape index (κ1) is 12.5. The Labute approximate surface area is 101 Å². The largest absolute Gasteiger partial charge is 0.339 e. The van der Waals surface area contributed by atoms with Crippen LogP contribution in [-0.2, 0) is 19.1 Å². The van der Waals surface area contributed by atoms with Gasteiger partial charge in [-0.25, -0.2) is 0 Å². The van der Waals surface area contributed by atoms with Crippen LogP contribution in [0.3, 0.4) is 0 Å². The van der Waals surface area contributed by atoms with Gasteiger partial charge in [0.1, 0.15) is 6.10 Å². The number of carbonyl (C=O) groups is 2. The highest BCUT2D eigenvalue weighted by Crippen LogP contribution is 2.26. The first-order valence-electron chi connectivity index (χ1n) is 6.20. The van der Waals surface area contributed by atoms with Crippen LogP contribution in [0.2, 0.25) is 0 Å². The first-order valence-corrected chi connectivity index (χ1v) is 6.20. The number of ketones is 2. The summed E-state index contributed by atoms with van der Waals surface area (Å²) in [5, 5.41) is 0. The number of hydrogen-bond donors (Lipinski definition) is 0. The monoisotopic (exact) mass is 238 g/mol. The predicted octanol–water partition coefficient (Wildman–Crippen LogP) is 1.77. The lowest BCUT2D eigenvalue weighted by Gasteiger charge is -2.13. The lowest BCUT2D eigenvalue weighted by molar-refractivity contribution is -0.145. The van der Waals surface area contributed by atoms with E-state index in [4.69, 9.17) is 9.47 Å². The van der Waals surface area contributed by atoms with Crippen molar-refractivity contribution in [1.82, 2.24) is 0 Å². The zero-order chi connectivity index (χ0) is 12.3. The maximum atomic E-state index is 11.7. The van der Waals surface area contributed by atoms with Crippen LogP contribution in [0.4, 0.5) is 0 Å². The number of carbonyl (C=O) groups excluding carboxylic acids is 2. The molecule has 0 aromatic heterocycles. The number of fused-ring (bicyclic) bond motifs is 2. The van der Waals surface area contributed by atoms with Crippen molar-refractivity contribution in [3.8, 4) is 0 Å². The van der Waals surface area contributed by atoms with Gasteiger partial charge in [-0.3, -0.25) is 9.59 Å². The minimum Gasteiger partial charge on any atom is -0.339 e. The third-order valence-corrected chi connectivity index (χ3v) is 3.18. The Kier molecular flexibility index (Phi) is 4.07. The van der Waals surface area contributed by atoms with Crippen molar-refractivity contribution in [2.75, 3.05) is 0 Å². The molecular formula is C13H18O4. The van der Waals surface area contributed by atoms with Gasteiger partial charge in [0.05, 0.1) is 6.10 Å². The number of rotatable bonds is 1. The van der Waals surface area contributed by atoms with Gasteiger partial charge in [-0.05, 0) is 32.3 Å². The molecule has 17 heavy (non-hydrogen) atoms. The van der Waals surface area contributed by atoms with Gasteiger partial charge in [0, 0.05) is 0 Å². The molecule has 3 atom stereocenters. The number of allylic oxidation sites excluding steroid dienone is 1. The van der Waals surface area contributed by atoms with Crippen LogP contribution < -0.4 is 0 Å². The lowest BCUT2D eigenvalue weighted by Crippen LogP contribution is -2.29. The van der Waals surface area contributed by atoms with E-state index in [1.807, 2.05) is 6.08 Å². The van der Waals surface area contributed by atoms with Gasteiger partial charge in [-0.1, -0.05) is 18.9 Å². The summed E-state index contributed by atoms with van der Waals surface area (Å²) in [6.07, 6.45) is 6.53. The van der Waals surface area contributed by atoms with E-state index in [0.717, 1.165) is 32.1 Å². The van der Waals surface area contributed by atoms with E-state index in [2.05, 4.69) is 0 Å². The van der Waals surface area contributed by atoms with E-state index in [1.165, 1.54) is 13.0 Å². The van der Waals surface area contributed by atoms with Gasteiger partial charge >= 0.3 is 0 Å². The molecule has 0 spiro atoms. The minimum atomic E-state index is -0.886. The summed E-state index contributed by atoms with van der Waals surface area (Å²) in [5.74, 6) is -0.257. The summed E-state index contributed by atoms with van der Waals surface area (Å²) in [7, 11) is 0. The fraction of sp³-hybridized carbons (Fsp3) is 0.692. The molecule has 0 saturated carbocycles. The van der Waals surface area contributed by atoms with Gasteiger partial charge in [-0.15, -0.1) is 0 Å². The molecule has 0 aromatic rings. The van der Waals surface area contributed by atoms with Crippen molar-refractivity contribution in [3.63, 3.8) is 0 Å². The number of Topliss-reactive ketones (excluding diaryl/α,β-unsaturated/α-hetero) is 1. The van der Waals surface area contributed by atoms with Crippen molar-refractivity contribution >= 4 is 11.6 Å². The molecule has 94 valence electrons. The lowest BCUT2D eigenvalue weighted by atomic mass is 10.0. The van der Waals surface area contributed by atoms with E-state index < -0.39 is 12.4 Å². The van der Waals surface area contributed by atoms with Gasteiger partial charge in [-0.2, -0.15) is 0 Å². The second-order valence-electron chi connectivity index (χ2n) is 4.62. The molecule has 0 amide bonds. The maximum absolute atomic E-state index is 11.7. The van der Waals surface area contributed by atoms with Crippen molar-refractivity contribution in [2.24, 2.45) is 0 Å². The predicted molar refractivity (Wildman–Crippen MR) is 61.4 cm³/mol. The third-order valence-electron chi connectivity index (χ3n) is 3.18. The number of ether oxygens (including phenoxy) is 2. The molecule has 2 aliphatic heterocycles. The molecule has 4 nitrogen and oxygen atoms in total. The molecule has 1 fully saturated rings. The van der Waals surface area contributed by atoms with Crippen LogP contribution in [0.5, 0.6) is 0 Å². The van der Waals surface area contributed by atoms with Crippen molar-refractivity contribution < 1.29 is 19.1 Å². The maximum Gasteiger partial charge on any atom is 0.223 e. The van der Waals surface area contributed by atoms with Crippen LogP contribution in [0, 0.1) is 0 Å². The third kappa shape index (κ3) is 3.01. The average molecular weight is 238 g/mol. The Morgan fingerprint density at radius 1 is 1.29 bits per heavy atom. The molecule has 1 saturated heterocycles. The van der Waals surface area contributed by atoms with Crippen LogP contribution in [0.15, 0.2) is 12.2 Å². The second kappa shape index (κ2) is 5.56. The summed E-state index contributed by atoms with van der Waals surface area (Å²) in [5.41, 5.74) is 0. The molecule has 2 rings (SSSR count).